The molecule has 0 atom stereocenters. The van der Waals surface area contributed by atoms with Crippen molar-refractivity contribution in [1.82, 2.24) is 14.7 Å². The Kier molecular flexibility index (Phi) is 5.97. The van der Waals surface area contributed by atoms with Crippen LogP contribution in [0.4, 0.5) is 0 Å². The van der Waals surface area contributed by atoms with Crippen molar-refractivity contribution >= 4 is 45.0 Å². The average Bonchev–Trinajstić information content (AvgIpc) is 3.24. The topological polar surface area (TPSA) is 88.2 Å². The zero-order valence-corrected chi connectivity index (χ0v) is 16.9. The van der Waals surface area contributed by atoms with E-state index in [0.29, 0.717) is 16.4 Å². The van der Waals surface area contributed by atoms with Crippen LogP contribution in [0, 0.1) is 18.3 Å². The zero-order chi connectivity index (χ0) is 20.3. The molecule has 1 aromatic carbocycles. The van der Waals surface area contributed by atoms with Crippen molar-refractivity contribution in [1.29, 1.82) is 5.26 Å². The molecule has 0 bridgehead atoms. The number of rotatable bonds is 6. The van der Waals surface area contributed by atoms with Crippen molar-refractivity contribution in [3.63, 3.8) is 0 Å². The first-order valence-electron chi connectivity index (χ1n) is 8.44. The smallest absolute Gasteiger partial charge is 0.348 e. The number of carbonyl (C=O) groups excluding carboxylic acids is 2. The molecule has 0 fully saturated rings. The summed E-state index contributed by atoms with van der Waals surface area (Å²) in [5.74, 6) is -0.925. The third-order valence-electron chi connectivity index (χ3n) is 4.11. The largest absolute Gasteiger partial charge is 0.451 e. The number of hydrogen-bond donors (Lipinski definition) is 0. The number of nitrogens with zero attached hydrogens (tertiary/aromatic N) is 4. The van der Waals surface area contributed by atoms with Crippen LogP contribution in [0.1, 0.15) is 21.8 Å². The molecule has 3 aromatic rings. The van der Waals surface area contributed by atoms with Gasteiger partial charge in [0, 0.05) is 24.0 Å². The molecule has 0 aliphatic carbocycles. The van der Waals surface area contributed by atoms with Gasteiger partial charge in [-0.15, -0.1) is 11.3 Å². The van der Waals surface area contributed by atoms with Crippen molar-refractivity contribution < 1.29 is 14.3 Å². The Balaban J connectivity index is 1.77. The lowest BCUT2D eigenvalue weighted by atomic mass is 10.3. The standard InChI is InChI=1S/C19H17ClN4O3S/c1-12-15-10-16(19(26)27-11-17(25)23(2)8-4-7-21)28-18(15)24(22-12)14-6-3-5-13(20)9-14/h3,5-6,9-10H,4,8,11H2,1-2H3. The SMILES string of the molecule is Cc1nn(-c2cccc(Cl)c2)c2sc(C(=O)OCC(=O)N(C)CCC#N)cc12. The lowest BCUT2D eigenvalue weighted by molar-refractivity contribution is -0.133. The fourth-order valence-electron chi connectivity index (χ4n) is 2.58. The van der Waals surface area contributed by atoms with Gasteiger partial charge in [0.25, 0.3) is 5.91 Å². The van der Waals surface area contributed by atoms with Gasteiger partial charge in [0.15, 0.2) is 6.61 Å². The Bertz CT molecular complexity index is 1080. The van der Waals surface area contributed by atoms with Crippen LogP contribution in [0.15, 0.2) is 30.3 Å². The first kappa shape index (κ1) is 19.9. The predicted octanol–water partition coefficient (Wildman–Crippen LogP) is 3.58. The molecule has 0 saturated heterocycles. The molecule has 144 valence electrons. The minimum atomic E-state index is -0.569. The van der Waals surface area contributed by atoms with Gasteiger partial charge in [-0.3, -0.25) is 4.79 Å². The zero-order valence-electron chi connectivity index (χ0n) is 15.3. The van der Waals surface area contributed by atoms with E-state index in [2.05, 4.69) is 5.10 Å². The minimum absolute atomic E-state index is 0.228. The van der Waals surface area contributed by atoms with E-state index in [4.69, 9.17) is 21.6 Å². The molecular formula is C19H17ClN4O3S. The Morgan fingerprint density at radius 1 is 1.39 bits per heavy atom. The van der Waals surface area contributed by atoms with Gasteiger partial charge in [-0.2, -0.15) is 10.4 Å². The summed E-state index contributed by atoms with van der Waals surface area (Å²) in [5.41, 5.74) is 1.57. The van der Waals surface area contributed by atoms with Gasteiger partial charge in [-0.05, 0) is 31.2 Å². The van der Waals surface area contributed by atoms with Crippen LogP contribution in [0.2, 0.25) is 5.02 Å². The van der Waals surface area contributed by atoms with Gasteiger partial charge < -0.3 is 9.64 Å². The van der Waals surface area contributed by atoms with Crippen LogP contribution in [0.3, 0.4) is 0 Å². The molecule has 2 heterocycles. The first-order chi connectivity index (χ1) is 13.4. The second-order valence-corrected chi connectivity index (χ2v) is 7.57. The third-order valence-corrected chi connectivity index (χ3v) is 5.44. The summed E-state index contributed by atoms with van der Waals surface area (Å²) < 4.78 is 6.88. The number of thiophene rings is 1. The van der Waals surface area contributed by atoms with Crippen LogP contribution in [0.25, 0.3) is 15.9 Å². The minimum Gasteiger partial charge on any atom is -0.451 e. The summed E-state index contributed by atoms with van der Waals surface area (Å²) in [6, 6.07) is 11.0. The fourth-order valence-corrected chi connectivity index (χ4v) is 3.84. The van der Waals surface area contributed by atoms with E-state index < -0.39 is 5.97 Å². The quantitative estimate of drug-likeness (QED) is 0.573. The van der Waals surface area contributed by atoms with Crippen LogP contribution in [0.5, 0.6) is 0 Å². The van der Waals surface area contributed by atoms with Gasteiger partial charge in [-0.1, -0.05) is 17.7 Å². The van der Waals surface area contributed by atoms with Gasteiger partial charge in [0.1, 0.15) is 9.71 Å². The number of likely N-dealkylation sites (N-methyl/N-ethyl adjacent to an activating group) is 1. The number of ether oxygens (including phenoxy) is 1. The first-order valence-corrected chi connectivity index (χ1v) is 9.63. The summed E-state index contributed by atoms with van der Waals surface area (Å²) in [6.45, 7) is 1.79. The second kappa shape index (κ2) is 8.42. The molecule has 3 rings (SSSR count). The number of benzene rings is 1. The normalized spacial score (nSPS) is 10.6. The highest BCUT2D eigenvalue weighted by atomic mass is 35.5. The summed E-state index contributed by atoms with van der Waals surface area (Å²) >= 11 is 7.31. The van der Waals surface area contributed by atoms with Gasteiger partial charge in [0.05, 0.1) is 23.9 Å². The fraction of sp³-hybridized carbons (Fsp3) is 0.263. The predicted molar refractivity (Wildman–Crippen MR) is 107 cm³/mol. The maximum atomic E-state index is 12.4. The third kappa shape index (κ3) is 4.16. The number of aryl methyl sites for hydroxylation is 1. The van der Waals surface area contributed by atoms with Gasteiger partial charge >= 0.3 is 5.97 Å². The Morgan fingerprint density at radius 2 is 2.18 bits per heavy atom. The average molecular weight is 417 g/mol. The van der Waals surface area contributed by atoms with Gasteiger partial charge in [-0.25, -0.2) is 9.48 Å². The van der Waals surface area contributed by atoms with Crippen molar-refractivity contribution in [3.8, 4) is 11.8 Å². The summed E-state index contributed by atoms with van der Waals surface area (Å²) in [4.78, 5) is 26.9. The molecule has 0 N–H and O–H groups in total. The molecule has 2 aromatic heterocycles. The number of nitriles is 1. The molecule has 9 heteroatoms. The molecule has 1 amide bonds. The van der Waals surface area contributed by atoms with E-state index in [1.165, 1.54) is 16.2 Å². The Morgan fingerprint density at radius 3 is 2.89 bits per heavy atom. The van der Waals surface area contributed by atoms with E-state index in [1.54, 1.807) is 29.9 Å². The number of fused-ring (bicyclic) bond motifs is 1. The van der Waals surface area contributed by atoms with Crippen molar-refractivity contribution in [2.24, 2.45) is 0 Å². The van der Waals surface area contributed by atoms with E-state index in [-0.39, 0.29) is 18.9 Å². The monoisotopic (exact) mass is 416 g/mol. The number of esters is 1. The molecule has 28 heavy (non-hydrogen) atoms. The number of halogens is 1. The highest BCUT2D eigenvalue weighted by molar-refractivity contribution is 7.20. The van der Waals surface area contributed by atoms with Crippen LogP contribution in [-0.4, -0.2) is 46.8 Å². The molecule has 0 spiro atoms. The van der Waals surface area contributed by atoms with E-state index in [0.717, 1.165) is 21.6 Å². The Hall–Kier alpha value is -2.89. The number of hydrogen-bond acceptors (Lipinski definition) is 6. The van der Waals surface area contributed by atoms with E-state index in [9.17, 15) is 9.59 Å². The molecule has 0 aliphatic rings. The Labute approximate surface area is 170 Å². The molecule has 0 unspecified atom stereocenters. The number of aromatic nitrogens is 2. The lowest BCUT2D eigenvalue weighted by Gasteiger charge is -2.14. The summed E-state index contributed by atoms with van der Waals surface area (Å²) in [7, 11) is 1.57. The van der Waals surface area contributed by atoms with Crippen molar-refractivity contribution in [2.75, 3.05) is 20.2 Å². The molecular weight excluding hydrogens is 400 g/mol. The maximum Gasteiger partial charge on any atom is 0.348 e. The lowest BCUT2D eigenvalue weighted by Crippen LogP contribution is -2.31. The highest BCUT2D eigenvalue weighted by Gasteiger charge is 2.19. The molecule has 7 nitrogen and oxygen atoms in total. The molecule has 0 radical (unpaired) electrons. The van der Waals surface area contributed by atoms with E-state index in [1.807, 2.05) is 25.1 Å². The number of carbonyl (C=O) groups is 2. The van der Waals surface area contributed by atoms with E-state index >= 15 is 0 Å². The molecule has 0 saturated carbocycles. The van der Waals surface area contributed by atoms with Crippen molar-refractivity contribution in [2.45, 2.75) is 13.3 Å². The van der Waals surface area contributed by atoms with Crippen molar-refractivity contribution in [3.05, 3.63) is 45.9 Å². The van der Waals surface area contributed by atoms with Gasteiger partial charge in [0.2, 0.25) is 0 Å². The van der Waals surface area contributed by atoms with Crippen LogP contribution in [-0.2, 0) is 9.53 Å². The summed E-state index contributed by atoms with van der Waals surface area (Å²) in [6.07, 6.45) is 0.228. The van der Waals surface area contributed by atoms with Crippen LogP contribution < -0.4 is 0 Å². The molecule has 0 aliphatic heterocycles. The number of amides is 1. The summed E-state index contributed by atoms with van der Waals surface area (Å²) in [5, 5.41) is 14.5. The van der Waals surface area contributed by atoms with Crippen LogP contribution >= 0.6 is 22.9 Å². The second-order valence-electron chi connectivity index (χ2n) is 6.11. The maximum absolute atomic E-state index is 12.4. The highest BCUT2D eigenvalue weighted by Crippen LogP contribution is 2.31.